The zero-order valence-corrected chi connectivity index (χ0v) is 12.2. The lowest BCUT2D eigenvalue weighted by Crippen LogP contribution is -2.47. The molecule has 0 aliphatic heterocycles. The van der Waals surface area contributed by atoms with Gasteiger partial charge in [-0.25, -0.2) is 4.79 Å². The second kappa shape index (κ2) is 8.14. The lowest BCUT2D eigenvalue weighted by molar-refractivity contribution is -0.144. The van der Waals surface area contributed by atoms with E-state index in [1.54, 1.807) is 31.2 Å². The monoisotopic (exact) mass is 292 g/mol. The highest BCUT2D eigenvalue weighted by Crippen LogP contribution is 2.30. The molecule has 0 radical (unpaired) electrons. The number of aliphatic carboxylic acids is 1. The maximum Gasteiger partial charge on any atom is 0.328 e. The zero-order valence-electron chi connectivity index (χ0n) is 12.2. The topological polar surface area (TPSA) is 107 Å². The molecule has 1 atom stereocenters. The molecule has 0 aliphatic rings. The van der Waals surface area contributed by atoms with Gasteiger partial charge >= 0.3 is 5.97 Å². The number of nitrogens with zero attached hydrogens (tertiary/aromatic N) is 3. The normalized spacial score (nSPS) is 13.0. The van der Waals surface area contributed by atoms with Crippen LogP contribution in [0.5, 0.6) is 5.75 Å². The molecule has 0 saturated carbocycles. The summed E-state index contributed by atoms with van der Waals surface area (Å²) in [6, 6.07) is 7.07. The summed E-state index contributed by atoms with van der Waals surface area (Å²) in [5.41, 5.74) is 7.52. The van der Waals surface area contributed by atoms with Crippen LogP contribution in [0, 0.1) is 0 Å². The van der Waals surface area contributed by atoms with Crippen molar-refractivity contribution in [3.05, 3.63) is 40.3 Å². The van der Waals surface area contributed by atoms with Gasteiger partial charge in [-0.15, -0.1) is 0 Å². The smallest absolute Gasteiger partial charge is 0.328 e. The molecular weight excluding hydrogens is 272 g/mol. The number of carbonyl (C=O) groups is 1. The van der Waals surface area contributed by atoms with E-state index < -0.39 is 11.5 Å². The van der Waals surface area contributed by atoms with Crippen LogP contribution in [-0.4, -0.2) is 30.8 Å². The van der Waals surface area contributed by atoms with Crippen molar-refractivity contribution < 1.29 is 14.6 Å². The first-order valence-electron chi connectivity index (χ1n) is 6.77. The van der Waals surface area contributed by atoms with Crippen molar-refractivity contribution in [2.45, 2.75) is 25.8 Å². The Balaban J connectivity index is 2.94. The lowest BCUT2D eigenvalue weighted by Gasteiger charge is -2.28. The van der Waals surface area contributed by atoms with Crippen molar-refractivity contribution in [2.24, 2.45) is 5.11 Å². The second-order valence-corrected chi connectivity index (χ2v) is 4.59. The Morgan fingerprint density at radius 3 is 2.86 bits per heavy atom. The minimum absolute atomic E-state index is 0.326. The summed E-state index contributed by atoms with van der Waals surface area (Å²) in [5.74, 6) is -0.439. The van der Waals surface area contributed by atoms with Crippen LogP contribution < -0.4 is 10.1 Å². The summed E-state index contributed by atoms with van der Waals surface area (Å²) in [6.07, 6.45) is 0.559. The average Bonchev–Trinajstić information content (AvgIpc) is 2.47. The van der Waals surface area contributed by atoms with Crippen molar-refractivity contribution in [1.82, 2.24) is 5.32 Å². The van der Waals surface area contributed by atoms with Crippen molar-refractivity contribution in [2.75, 3.05) is 19.7 Å². The van der Waals surface area contributed by atoms with Gasteiger partial charge in [0.25, 0.3) is 0 Å². The highest BCUT2D eigenvalue weighted by atomic mass is 16.5. The fraction of sp³-hybridized carbons (Fsp3) is 0.500. The highest BCUT2D eigenvalue weighted by Gasteiger charge is 2.36. The molecule has 0 saturated heterocycles. The minimum Gasteiger partial charge on any atom is -0.494 e. The van der Waals surface area contributed by atoms with Crippen molar-refractivity contribution >= 4 is 5.97 Å². The summed E-state index contributed by atoms with van der Waals surface area (Å²) in [7, 11) is 0. The van der Waals surface area contributed by atoms with E-state index in [4.69, 9.17) is 10.3 Å². The van der Waals surface area contributed by atoms with Gasteiger partial charge in [-0.2, -0.15) is 0 Å². The first-order chi connectivity index (χ1) is 10.1. The Kier molecular flexibility index (Phi) is 6.52. The van der Waals surface area contributed by atoms with Crippen LogP contribution in [0.25, 0.3) is 10.4 Å². The Morgan fingerprint density at radius 2 is 2.24 bits per heavy atom. The summed E-state index contributed by atoms with van der Waals surface area (Å²) < 4.78 is 5.51. The van der Waals surface area contributed by atoms with E-state index >= 15 is 0 Å². The first-order valence-corrected chi connectivity index (χ1v) is 6.77. The van der Waals surface area contributed by atoms with Crippen LogP contribution in [0.1, 0.15) is 25.8 Å². The van der Waals surface area contributed by atoms with Crippen LogP contribution in [0.3, 0.4) is 0 Å². The maximum absolute atomic E-state index is 11.7. The van der Waals surface area contributed by atoms with Crippen molar-refractivity contribution in [1.29, 1.82) is 0 Å². The number of carboxylic acid groups (broad SMARTS) is 1. The van der Waals surface area contributed by atoms with Crippen molar-refractivity contribution in [3.63, 3.8) is 0 Å². The first kappa shape index (κ1) is 16.8. The molecule has 0 fully saturated rings. The van der Waals surface area contributed by atoms with Gasteiger partial charge in [0, 0.05) is 17.0 Å². The molecule has 1 aromatic rings. The van der Waals surface area contributed by atoms with Gasteiger partial charge in [-0.05, 0) is 38.4 Å². The summed E-state index contributed by atoms with van der Waals surface area (Å²) in [6.45, 7) is 4.65. The quantitative estimate of drug-likeness (QED) is 0.316. The average molecular weight is 292 g/mol. The molecule has 0 aromatic heterocycles. The Hall–Kier alpha value is -2.24. The van der Waals surface area contributed by atoms with E-state index in [1.807, 2.05) is 6.92 Å². The molecule has 1 unspecified atom stereocenters. The third-order valence-corrected chi connectivity index (χ3v) is 3.13. The van der Waals surface area contributed by atoms with E-state index in [9.17, 15) is 9.90 Å². The summed E-state index contributed by atoms with van der Waals surface area (Å²) >= 11 is 0. The van der Waals surface area contributed by atoms with Gasteiger partial charge in [-0.3, -0.25) is 5.32 Å². The van der Waals surface area contributed by atoms with Crippen LogP contribution in [0.2, 0.25) is 0 Å². The number of rotatable bonds is 9. The summed E-state index contributed by atoms with van der Waals surface area (Å²) in [5, 5.41) is 16.0. The largest absolute Gasteiger partial charge is 0.494 e. The Morgan fingerprint density at radius 1 is 1.52 bits per heavy atom. The molecule has 7 nitrogen and oxygen atoms in total. The molecule has 114 valence electrons. The number of nitrogens with one attached hydrogen (secondary N) is 1. The van der Waals surface area contributed by atoms with Gasteiger partial charge in [0.05, 0.1) is 6.61 Å². The van der Waals surface area contributed by atoms with E-state index in [2.05, 4.69) is 15.3 Å². The minimum atomic E-state index is -1.26. The molecule has 2 N–H and O–H groups in total. The molecule has 0 bridgehead atoms. The fourth-order valence-electron chi connectivity index (χ4n) is 1.98. The van der Waals surface area contributed by atoms with Crippen LogP contribution >= 0.6 is 0 Å². The molecule has 0 heterocycles. The predicted molar refractivity (Wildman–Crippen MR) is 79.2 cm³/mol. The van der Waals surface area contributed by atoms with Crippen LogP contribution in [0.4, 0.5) is 0 Å². The number of para-hydroxylation sites is 1. The standard InChI is InChI=1S/C14H20N4O3/c1-3-21-12-8-5-4-7-11(12)14(2,13(19)20)16-9-6-10-17-18-15/h4-5,7-8,16H,3,6,9-10H2,1-2H3,(H,19,20). The maximum atomic E-state index is 11.7. The van der Waals surface area contributed by atoms with Gasteiger partial charge in [0.2, 0.25) is 0 Å². The van der Waals surface area contributed by atoms with Gasteiger partial charge in [0.15, 0.2) is 0 Å². The van der Waals surface area contributed by atoms with Gasteiger partial charge in [-0.1, -0.05) is 23.3 Å². The van der Waals surface area contributed by atoms with E-state index in [1.165, 1.54) is 0 Å². The summed E-state index contributed by atoms with van der Waals surface area (Å²) in [4.78, 5) is 14.4. The van der Waals surface area contributed by atoms with Crippen molar-refractivity contribution in [3.8, 4) is 5.75 Å². The molecular formula is C14H20N4O3. The van der Waals surface area contributed by atoms with Crippen LogP contribution in [-0.2, 0) is 10.3 Å². The fourth-order valence-corrected chi connectivity index (χ4v) is 1.98. The van der Waals surface area contributed by atoms with E-state index in [-0.39, 0.29) is 0 Å². The third-order valence-electron chi connectivity index (χ3n) is 3.13. The number of hydrogen-bond acceptors (Lipinski definition) is 4. The number of azide groups is 1. The lowest BCUT2D eigenvalue weighted by atomic mass is 9.91. The highest BCUT2D eigenvalue weighted by molar-refractivity contribution is 5.81. The zero-order chi connectivity index (χ0) is 15.7. The van der Waals surface area contributed by atoms with Gasteiger partial charge in [0.1, 0.15) is 11.3 Å². The molecule has 1 rings (SSSR count). The predicted octanol–water partition coefficient (Wildman–Crippen LogP) is 2.68. The molecule has 1 aromatic carbocycles. The van der Waals surface area contributed by atoms with E-state index in [0.717, 1.165) is 0 Å². The number of benzene rings is 1. The number of hydrogen-bond donors (Lipinski definition) is 2. The Labute approximate surface area is 123 Å². The third kappa shape index (κ3) is 4.37. The Bertz CT molecular complexity index is 529. The molecule has 21 heavy (non-hydrogen) atoms. The number of ether oxygens (including phenoxy) is 1. The van der Waals surface area contributed by atoms with Gasteiger partial charge < -0.3 is 9.84 Å². The molecule has 0 spiro atoms. The molecule has 7 heteroatoms. The van der Waals surface area contributed by atoms with E-state index in [0.29, 0.717) is 37.4 Å². The van der Waals surface area contributed by atoms with Crippen LogP contribution in [0.15, 0.2) is 29.4 Å². The molecule has 0 aliphatic carbocycles. The second-order valence-electron chi connectivity index (χ2n) is 4.59. The number of carboxylic acids is 1. The molecule has 0 amide bonds. The SMILES string of the molecule is CCOc1ccccc1C(C)(NCCCN=[N+]=[N-])C(=O)O.